The number of piperazine rings is 2. The molecule has 1 aromatic carbocycles. The number of hydrogen-bond acceptors (Lipinski definition) is 6. The second-order valence-electron chi connectivity index (χ2n) is 5.93. The molecule has 2 fully saturated rings. The fourth-order valence-corrected chi connectivity index (χ4v) is 3.23. The Bertz CT molecular complexity index is 809. The first-order valence-corrected chi connectivity index (χ1v) is 7.95. The lowest BCUT2D eigenvalue weighted by Gasteiger charge is -2.42. The van der Waals surface area contributed by atoms with Crippen LogP contribution in [0.4, 0.5) is 5.82 Å². The molecule has 0 unspecified atom stereocenters. The Balaban J connectivity index is 1.58. The predicted octanol–water partition coefficient (Wildman–Crippen LogP) is -0.241. The second kappa shape index (κ2) is 6.03. The quantitative estimate of drug-likeness (QED) is 0.820. The average Bonchev–Trinajstić information content (AvgIpc) is 3.12. The molecule has 122 valence electrons. The molecule has 3 heterocycles. The largest absolute Gasteiger partial charge is 0.313 e. The maximum Gasteiger partial charge on any atom is 0.246 e. The molecule has 2 aromatic rings. The molecule has 0 radical (unpaired) electrons. The Kier molecular flexibility index (Phi) is 3.72. The molecule has 4 rings (SSSR count). The van der Waals surface area contributed by atoms with E-state index in [0.29, 0.717) is 24.5 Å². The Labute approximate surface area is 139 Å². The van der Waals surface area contributed by atoms with Gasteiger partial charge in [0.15, 0.2) is 5.82 Å². The first-order chi connectivity index (χ1) is 11.8. The number of carbonyl (C=O) groups excluding carboxylic acids is 1. The lowest BCUT2D eigenvalue weighted by Crippen LogP contribution is -2.64. The van der Waals surface area contributed by atoms with Crippen molar-refractivity contribution in [2.75, 3.05) is 37.6 Å². The van der Waals surface area contributed by atoms with Crippen LogP contribution in [0.15, 0.2) is 30.5 Å². The van der Waals surface area contributed by atoms with Gasteiger partial charge in [-0.05, 0) is 18.2 Å². The number of carbonyl (C=O) groups is 1. The molecule has 1 N–H and O–H groups in total. The number of hydrogen-bond donors (Lipinski definition) is 1. The van der Waals surface area contributed by atoms with Crippen molar-refractivity contribution in [1.82, 2.24) is 25.2 Å². The summed E-state index contributed by atoms with van der Waals surface area (Å²) in [6, 6.07) is 9.11. The van der Waals surface area contributed by atoms with E-state index in [1.165, 1.54) is 0 Å². The second-order valence-corrected chi connectivity index (χ2v) is 5.93. The van der Waals surface area contributed by atoms with Gasteiger partial charge >= 0.3 is 0 Å². The summed E-state index contributed by atoms with van der Waals surface area (Å²) in [6.45, 7) is 3.96. The van der Waals surface area contributed by atoms with E-state index in [1.54, 1.807) is 34.0 Å². The van der Waals surface area contributed by atoms with Crippen LogP contribution >= 0.6 is 0 Å². The van der Waals surface area contributed by atoms with Crippen LogP contribution in [0.5, 0.6) is 0 Å². The normalized spacial score (nSPS) is 21.4. The topological polar surface area (TPSA) is 90.1 Å². The third-order valence-corrected chi connectivity index (χ3v) is 4.51. The van der Waals surface area contributed by atoms with E-state index < -0.39 is 0 Å². The highest BCUT2D eigenvalue weighted by Gasteiger charge is 2.37. The van der Waals surface area contributed by atoms with Gasteiger partial charge < -0.3 is 5.32 Å². The van der Waals surface area contributed by atoms with Crippen molar-refractivity contribution in [2.24, 2.45) is 0 Å². The van der Waals surface area contributed by atoms with Crippen molar-refractivity contribution in [1.29, 1.82) is 5.26 Å². The predicted molar refractivity (Wildman–Crippen MR) is 86.7 cm³/mol. The van der Waals surface area contributed by atoms with Gasteiger partial charge in [0.05, 0.1) is 23.5 Å². The highest BCUT2D eigenvalue weighted by molar-refractivity contribution is 5.97. The number of rotatable bonds is 2. The summed E-state index contributed by atoms with van der Waals surface area (Å²) >= 11 is 0. The highest BCUT2D eigenvalue weighted by atomic mass is 16.2. The minimum absolute atomic E-state index is 0.0614. The van der Waals surface area contributed by atoms with Crippen LogP contribution in [0.25, 0.3) is 5.69 Å². The number of anilines is 1. The highest BCUT2D eigenvalue weighted by Crippen LogP contribution is 2.20. The minimum atomic E-state index is -0.125. The lowest BCUT2D eigenvalue weighted by atomic mass is 10.1. The zero-order valence-electron chi connectivity index (χ0n) is 13.1. The smallest absolute Gasteiger partial charge is 0.246 e. The van der Waals surface area contributed by atoms with Gasteiger partial charge in [-0.2, -0.15) is 5.26 Å². The molecule has 0 aliphatic carbocycles. The molecule has 1 atom stereocenters. The molecule has 2 aliphatic rings. The molecule has 2 aliphatic heterocycles. The van der Waals surface area contributed by atoms with Gasteiger partial charge in [-0.15, -0.1) is 5.10 Å². The van der Waals surface area contributed by atoms with E-state index in [2.05, 4.69) is 26.6 Å². The molecule has 1 amide bonds. The third-order valence-electron chi connectivity index (χ3n) is 4.51. The van der Waals surface area contributed by atoms with Crippen molar-refractivity contribution < 1.29 is 4.79 Å². The van der Waals surface area contributed by atoms with Crippen LogP contribution < -0.4 is 10.2 Å². The molecule has 0 bridgehead atoms. The van der Waals surface area contributed by atoms with Crippen LogP contribution in [-0.2, 0) is 4.79 Å². The van der Waals surface area contributed by atoms with Crippen LogP contribution in [0.1, 0.15) is 5.56 Å². The molecule has 8 heteroatoms. The molecule has 0 saturated carbocycles. The maximum absolute atomic E-state index is 12.7. The number of amides is 1. The van der Waals surface area contributed by atoms with Gasteiger partial charge in [-0.1, -0.05) is 11.3 Å². The fourth-order valence-electron chi connectivity index (χ4n) is 3.23. The van der Waals surface area contributed by atoms with Crippen molar-refractivity contribution in [3.63, 3.8) is 0 Å². The Morgan fingerprint density at radius 1 is 1.29 bits per heavy atom. The van der Waals surface area contributed by atoms with Crippen molar-refractivity contribution in [2.45, 2.75) is 6.04 Å². The van der Waals surface area contributed by atoms with Gasteiger partial charge in [0.2, 0.25) is 5.91 Å². The Morgan fingerprint density at radius 3 is 3.08 bits per heavy atom. The summed E-state index contributed by atoms with van der Waals surface area (Å²) < 4.78 is 1.59. The molecule has 0 spiro atoms. The summed E-state index contributed by atoms with van der Waals surface area (Å²) in [7, 11) is 0. The molecule has 2 saturated heterocycles. The van der Waals surface area contributed by atoms with Crippen LogP contribution in [0.3, 0.4) is 0 Å². The van der Waals surface area contributed by atoms with Crippen LogP contribution in [0, 0.1) is 11.3 Å². The number of nitrogens with one attached hydrogen (secondary N) is 1. The molecular formula is C16H17N7O. The van der Waals surface area contributed by atoms with E-state index in [9.17, 15) is 4.79 Å². The molecule has 1 aromatic heterocycles. The fraction of sp³-hybridized carbons (Fsp3) is 0.375. The van der Waals surface area contributed by atoms with E-state index in [-0.39, 0.29) is 11.9 Å². The van der Waals surface area contributed by atoms with Crippen molar-refractivity contribution >= 4 is 11.7 Å². The molecule has 24 heavy (non-hydrogen) atoms. The van der Waals surface area contributed by atoms with E-state index in [0.717, 1.165) is 25.3 Å². The van der Waals surface area contributed by atoms with Gasteiger partial charge in [0.1, 0.15) is 6.04 Å². The lowest BCUT2D eigenvalue weighted by molar-refractivity contribution is -0.126. The average molecular weight is 323 g/mol. The number of fused-ring (bicyclic) bond motifs is 1. The molecular weight excluding hydrogens is 306 g/mol. The summed E-state index contributed by atoms with van der Waals surface area (Å²) in [5.74, 6) is 0.610. The minimum Gasteiger partial charge on any atom is -0.313 e. The number of nitriles is 1. The summed E-state index contributed by atoms with van der Waals surface area (Å²) in [5, 5.41) is 20.5. The number of aromatic nitrogens is 3. The monoisotopic (exact) mass is 323 g/mol. The maximum atomic E-state index is 12.7. The Hall–Kier alpha value is -2.76. The third kappa shape index (κ3) is 2.54. The van der Waals surface area contributed by atoms with Crippen molar-refractivity contribution in [3.8, 4) is 11.8 Å². The number of nitrogens with zero attached hydrogens (tertiary/aromatic N) is 6. The summed E-state index contributed by atoms with van der Waals surface area (Å²) in [5.41, 5.74) is 1.31. The van der Waals surface area contributed by atoms with Gasteiger partial charge in [-0.25, -0.2) is 4.68 Å². The van der Waals surface area contributed by atoms with Gasteiger partial charge in [0, 0.05) is 32.7 Å². The SMILES string of the molecule is N#Cc1cccc(-n2cc(N3CCN4CCNC[C@@H]4C3=O)nn2)c1. The number of benzene rings is 1. The van der Waals surface area contributed by atoms with Gasteiger partial charge in [0.25, 0.3) is 0 Å². The first kappa shape index (κ1) is 14.8. The zero-order chi connectivity index (χ0) is 16.5. The van der Waals surface area contributed by atoms with E-state index >= 15 is 0 Å². The van der Waals surface area contributed by atoms with Crippen LogP contribution in [0.2, 0.25) is 0 Å². The van der Waals surface area contributed by atoms with Gasteiger partial charge in [-0.3, -0.25) is 14.6 Å². The van der Waals surface area contributed by atoms with E-state index in [4.69, 9.17) is 5.26 Å². The van der Waals surface area contributed by atoms with Crippen molar-refractivity contribution in [3.05, 3.63) is 36.0 Å². The van der Waals surface area contributed by atoms with Crippen LogP contribution in [-0.4, -0.2) is 64.6 Å². The summed E-state index contributed by atoms with van der Waals surface area (Å²) in [6.07, 6.45) is 1.74. The first-order valence-electron chi connectivity index (χ1n) is 7.95. The molecule has 8 nitrogen and oxygen atoms in total. The van der Waals surface area contributed by atoms with E-state index in [1.807, 2.05) is 6.07 Å². The zero-order valence-corrected chi connectivity index (χ0v) is 13.1. The Morgan fingerprint density at radius 2 is 2.21 bits per heavy atom. The summed E-state index contributed by atoms with van der Waals surface area (Å²) in [4.78, 5) is 16.6. The standard InChI is InChI=1S/C16H17N7O/c17-9-12-2-1-3-13(8-12)23-11-15(19-20-23)22-7-6-21-5-4-18-10-14(21)16(22)24/h1-3,8,11,14,18H,4-7,10H2/t14-/m1/s1.